The highest BCUT2D eigenvalue weighted by Gasteiger charge is 2.38. The van der Waals surface area contributed by atoms with Gasteiger partial charge in [0.1, 0.15) is 18.0 Å². The fourth-order valence-electron chi connectivity index (χ4n) is 3.28. The van der Waals surface area contributed by atoms with E-state index in [2.05, 4.69) is 15.2 Å². The van der Waals surface area contributed by atoms with Crippen molar-refractivity contribution >= 4 is 45.9 Å². The number of carboxylic acid groups (broad SMARTS) is 1. The minimum atomic E-state index is -1.24. The predicted octanol–water partition coefficient (Wildman–Crippen LogP) is 3.93. The highest BCUT2D eigenvalue weighted by atomic mass is 35.5. The number of carbonyl (C=O) groups is 1. The number of pyridine rings is 1. The Morgan fingerprint density at radius 2 is 2.19 bits per heavy atom. The summed E-state index contributed by atoms with van der Waals surface area (Å²) in [6.45, 7) is -0.0432. The average Bonchev–Trinajstić information content (AvgIpc) is 3.27. The molecule has 1 saturated heterocycles. The molecule has 0 aliphatic carbocycles. The predicted molar refractivity (Wildman–Crippen MR) is 97.6 cm³/mol. The zero-order valence-electron chi connectivity index (χ0n) is 13.3. The summed E-state index contributed by atoms with van der Waals surface area (Å²) < 4.78 is 13.9. The van der Waals surface area contributed by atoms with Crippen LogP contribution in [0.2, 0.25) is 10.0 Å². The van der Waals surface area contributed by atoms with E-state index in [1.165, 1.54) is 4.90 Å². The van der Waals surface area contributed by atoms with Gasteiger partial charge in [-0.2, -0.15) is 5.10 Å². The van der Waals surface area contributed by atoms with Crippen molar-refractivity contribution in [3.05, 3.63) is 40.6 Å². The third-order valence-corrected chi connectivity index (χ3v) is 5.29. The Morgan fingerprint density at radius 1 is 1.38 bits per heavy atom. The van der Waals surface area contributed by atoms with Gasteiger partial charge in [-0.25, -0.2) is 14.2 Å². The summed E-state index contributed by atoms with van der Waals surface area (Å²) in [6.07, 6.45) is 2.02. The third kappa shape index (κ3) is 2.77. The number of aromatic amines is 1. The summed E-state index contributed by atoms with van der Waals surface area (Å²) >= 11 is 12.5. The number of H-pyrrole nitrogens is 1. The average molecular weight is 395 g/mol. The molecule has 1 aromatic carbocycles. The lowest BCUT2D eigenvalue weighted by Crippen LogP contribution is -2.36. The number of hydrogen-bond donors (Lipinski definition) is 2. The van der Waals surface area contributed by atoms with Gasteiger partial charge >= 0.3 is 5.97 Å². The largest absolute Gasteiger partial charge is 0.480 e. The summed E-state index contributed by atoms with van der Waals surface area (Å²) in [6, 6.07) is 4.21. The third-order valence-electron chi connectivity index (χ3n) is 4.50. The van der Waals surface area contributed by atoms with Crippen molar-refractivity contribution in [2.75, 3.05) is 11.4 Å². The van der Waals surface area contributed by atoms with Crippen molar-refractivity contribution < 1.29 is 14.3 Å². The number of nitrogens with zero attached hydrogens (tertiary/aromatic N) is 3. The molecule has 0 unspecified atom stereocenters. The maximum Gasteiger partial charge on any atom is 0.326 e. The summed E-state index contributed by atoms with van der Waals surface area (Å²) in [5.41, 5.74) is 1.96. The highest BCUT2D eigenvalue weighted by molar-refractivity contribution is 6.45. The van der Waals surface area contributed by atoms with Crippen LogP contribution < -0.4 is 4.90 Å². The fraction of sp³-hybridized carbons (Fsp3) is 0.235. The minimum Gasteiger partial charge on any atom is -0.480 e. The molecular weight excluding hydrogens is 382 g/mol. The van der Waals surface area contributed by atoms with Crippen LogP contribution in [0.3, 0.4) is 0 Å². The number of halogens is 3. The molecule has 0 spiro atoms. The van der Waals surface area contributed by atoms with E-state index < -0.39 is 18.2 Å². The van der Waals surface area contributed by atoms with Crippen molar-refractivity contribution in [1.82, 2.24) is 15.2 Å². The number of anilines is 1. The smallest absolute Gasteiger partial charge is 0.326 e. The van der Waals surface area contributed by atoms with Crippen LogP contribution >= 0.6 is 23.2 Å². The van der Waals surface area contributed by atoms with Gasteiger partial charge in [0.2, 0.25) is 0 Å². The van der Waals surface area contributed by atoms with Gasteiger partial charge in [-0.3, -0.25) is 5.10 Å². The number of aliphatic carboxylic acids is 1. The molecule has 1 fully saturated rings. The van der Waals surface area contributed by atoms with E-state index in [0.29, 0.717) is 16.4 Å². The van der Waals surface area contributed by atoms with E-state index in [0.717, 1.165) is 16.5 Å². The van der Waals surface area contributed by atoms with Gasteiger partial charge in [-0.1, -0.05) is 29.3 Å². The van der Waals surface area contributed by atoms with Crippen LogP contribution in [0.25, 0.3) is 22.0 Å². The van der Waals surface area contributed by atoms with Crippen LogP contribution in [0, 0.1) is 0 Å². The molecule has 0 saturated carbocycles. The molecule has 0 bridgehead atoms. The Hall–Kier alpha value is -2.38. The Bertz CT molecular complexity index is 996. The quantitative estimate of drug-likeness (QED) is 0.702. The monoisotopic (exact) mass is 394 g/mol. The molecule has 2 aromatic heterocycles. The van der Waals surface area contributed by atoms with E-state index in [9.17, 15) is 14.3 Å². The van der Waals surface area contributed by atoms with Crippen molar-refractivity contribution in [1.29, 1.82) is 0 Å². The maximum absolute atomic E-state index is 13.9. The standard InChI is InChI=1S/C17H13Cl2FN4O2/c18-12-2-1-10-11(8-5-21-22-6-8)4-14(23-16(10)15(12)19)24-7-9(20)3-13(24)17(25)26/h1-2,4-6,9,13H,3,7H2,(H,21,22)(H,25,26)/t9-,13+/m1/s1. The van der Waals surface area contributed by atoms with Crippen LogP contribution in [0.15, 0.2) is 30.6 Å². The Morgan fingerprint density at radius 3 is 2.88 bits per heavy atom. The molecule has 26 heavy (non-hydrogen) atoms. The number of benzene rings is 1. The van der Waals surface area contributed by atoms with Crippen LogP contribution in [0.5, 0.6) is 0 Å². The van der Waals surface area contributed by atoms with Gasteiger partial charge < -0.3 is 10.0 Å². The van der Waals surface area contributed by atoms with Gasteiger partial charge in [0.15, 0.2) is 0 Å². The van der Waals surface area contributed by atoms with Crippen LogP contribution in [-0.2, 0) is 4.79 Å². The number of nitrogens with one attached hydrogen (secondary N) is 1. The number of fused-ring (bicyclic) bond motifs is 1. The summed E-state index contributed by atoms with van der Waals surface area (Å²) in [5, 5.41) is 17.5. The summed E-state index contributed by atoms with van der Waals surface area (Å²) in [7, 11) is 0. The molecule has 0 radical (unpaired) electrons. The lowest BCUT2D eigenvalue weighted by molar-refractivity contribution is -0.138. The Kier molecular flexibility index (Phi) is 4.20. The van der Waals surface area contributed by atoms with Crippen molar-refractivity contribution in [3.63, 3.8) is 0 Å². The Balaban J connectivity index is 1.96. The summed E-state index contributed by atoms with van der Waals surface area (Å²) in [4.78, 5) is 17.5. The second kappa shape index (κ2) is 6.41. The van der Waals surface area contributed by atoms with Crippen LogP contribution in [-0.4, -0.2) is 45.0 Å². The number of aromatic nitrogens is 3. The summed E-state index contributed by atoms with van der Waals surface area (Å²) in [5.74, 6) is -0.750. The first kappa shape index (κ1) is 17.1. The first-order valence-corrected chi connectivity index (χ1v) is 8.62. The molecule has 1 aliphatic heterocycles. The number of alkyl halides is 1. The van der Waals surface area contributed by atoms with Crippen molar-refractivity contribution in [3.8, 4) is 11.1 Å². The minimum absolute atomic E-state index is 0.0432. The zero-order chi connectivity index (χ0) is 18.4. The molecule has 134 valence electrons. The molecule has 2 N–H and O–H groups in total. The van der Waals surface area contributed by atoms with Crippen molar-refractivity contribution in [2.45, 2.75) is 18.6 Å². The lowest BCUT2D eigenvalue weighted by atomic mass is 10.0. The van der Waals surface area contributed by atoms with Gasteiger partial charge in [0, 0.05) is 23.6 Å². The second-order valence-corrected chi connectivity index (χ2v) is 6.90. The molecule has 6 nitrogen and oxygen atoms in total. The van der Waals surface area contributed by atoms with Gasteiger partial charge in [0.25, 0.3) is 0 Å². The SMILES string of the molecule is O=C(O)[C@@H]1C[C@@H](F)CN1c1cc(-c2cn[nH]c2)c2ccc(Cl)c(Cl)c2n1. The molecule has 2 atom stereocenters. The fourth-order valence-corrected chi connectivity index (χ4v) is 3.64. The molecule has 1 aliphatic rings. The number of carboxylic acids is 1. The van der Waals surface area contributed by atoms with E-state index in [4.69, 9.17) is 23.2 Å². The highest BCUT2D eigenvalue weighted by Crippen LogP contribution is 2.38. The van der Waals surface area contributed by atoms with Crippen LogP contribution in [0.1, 0.15) is 6.42 Å². The molecule has 3 heterocycles. The van der Waals surface area contributed by atoms with Gasteiger partial charge in [-0.05, 0) is 17.7 Å². The van der Waals surface area contributed by atoms with E-state index in [-0.39, 0.29) is 18.0 Å². The van der Waals surface area contributed by atoms with E-state index in [1.807, 2.05) is 0 Å². The van der Waals surface area contributed by atoms with Gasteiger partial charge in [0.05, 0.1) is 28.3 Å². The second-order valence-electron chi connectivity index (χ2n) is 6.11. The van der Waals surface area contributed by atoms with E-state index in [1.54, 1.807) is 30.6 Å². The molecule has 0 amide bonds. The normalized spacial score (nSPS) is 20.0. The molecule has 9 heteroatoms. The number of hydrogen-bond acceptors (Lipinski definition) is 4. The molecule has 4 rings (SSSR count). The Labute approximate surface area is 157 Å². The number of rotatable bonds is 3. The maximum atomic E-state index is 13.9. The zero-order valence-corrected chi connectivity index (χ0v) is 14.8. The molecule has 3 aromatic rings. The molecular formula is C17H13Cl2FN4O2. The topological polar surface area (TPSA) is 82.1 Å². The van der Waals surface area contributed by atoms with E-state index >= 15 is 0 Å². The van der Waals surface area contributed by atoms with Crippen molar-refractivity contribution in [2.24, 2.45) is 0 Å². The van der Waals surface area contributed by atoms with Crippen LogP contribution in [0.4, 0.5) is 10.2 Å². The first-order valence-electron chi connectivity index (χ1n) is 7.87. The van der Waals surface area contributed by atoms with Gasteiger partial charge in [-0.15, -0.1) is 0 Å². The first-order chi connectivity index (χ1) is 12.5. The lowest BCUT2D eigenvalue weighted by Gasteiger charge is -2.23.